The number of ether oxygens (including phenoxy) is 1. The summed E-state index contributed by atoms with van der Waals surface area (Å²) in [5, 5.41) is 3.43. The lowest BCUT2D eigenvalue weighted by Gasteiger charge is -2.22. The number of anilines is 1. The number of hydrogen-bond acceptors (Lipinski definition) is 4. The number of benzene rings is 1. The lowest BCUT2D eigenvalue weighted by Crippen LogP contribution is -2.27. The van der Waals surface area contributed by atoms with Gasteiger partial charge in [-0.3, -0.25) is 0 Å². The van der Waals surface area contributed by atoms with E-state index in [1.165, 1.54) is 12.1 Å². The molecule has 1 saturated heterocycles. The van der Waals surface area contributed by atoms with Crippen LogP contribution in [0.4, 0.5) is 5.69 Å². The molecule has 4 nitrogen and oxygen atoms in total. The highest BCUT2D eigenvalue weighted by Gasteiger charge is 2.09. The predicted octanol–water partition coefficient (Wildman–Crippen LogP) is 1.82. The molecule has 0 saturated carbocycles. The zero-order valence-electron chi connectivity index (χ0n) is 12.8. The Morgan fingerprint density at radius 3 is 2.70 bits per heavy atom. The molecule has 0 aliphatic carbocycles. The molecule has 1 fully saturated rings. The molecule has 2 rings (SSSR count). The maximum atomic E-state index is 5.77. The van der Waals surface area contributed by atoms with Crippen LogP contribution in [0, 0.1) is 0 Å². The molecule has 0 atom stereocenters. The molecular weight excluding hydrogens is 250 g/mol. The lowest BCUT2D eigenvalue weighted by molar-refractivity contribution is 0.281. The smallest absolute Gasteiger partial charge is 0.119 e. The van der Waals surface area contributed by atoms with Crippen LogP contribution in [0.25, 0.3) is 0 Å². The molecule has 20 heavy (non-hydrogen) atoms. The lowest BCUT2D eigenvalue weighted by atomic mass is 10.2. The summed E-state index contributed by atoms with van der Waals surface area (Å²) in [4.78, 5) is 4.62. The van der Waals surface area contributed by atoms with E-state index in [4.69, 9.17) is 4.74 Å². The summed E-state index contributed by atoms with van der Waals surface area (Å²) in [6.07, 6.45) is 2.27. The van der Waals surface area contributed by atoms with Gasteiger partial charge in [-0.2, -0.15) is 0 Å². The highest BCUT2D eigenvalue weighted by molar-refractivity contribution is 5.49. The van der Waals surface area contributed by atoms with Crippen LogP contribution in [0.3, 0.4) is 0 Å². The van der Waals surface area contributed by atoms with Crippen molar-refractivity contribution in [1.82, 2.24) is 10.2 Å². The maximum Gasteiger partial charge on any atom is 0.119 e. The van der Waals surface area contributed by atoms with E-state index >= 15 is 0 Å². The van der Waals surface area contributed by atoms with Crippen molar-refractivity contribution in [2.45, 2.75) is 12.8 Å². The van der Waals surface area contributed by atoms with Crippen LogP contribution in [0.5, 0.6) is 5.75 Å². The fraction of sp³-hybridized carbons (Fsp3) is 0.625. The Hall–Kier alpha value is -1.26. The van der Waals surface area contributed by atoms with Gasteiger partial charge in [-0.15, -0.1) is 0 Å². The third-order valence-corrected chi connectivity index (χ3v) is 3.56. The second-order valence-electron chi connectivity index (χ2n) is 5.59. The van der Waals surface area contributed by atoms with E-state index in [1.807, 2.05) is 0 Å². The van der Waals surface area contributed by atoms with Gasteiger partial charge in [0, 0.05) is 31.9 Å². The zero-order valence-corrected chi connectivity index (χ0v) is 12.8. The third kappa shape index (κ3) is 5.02. The van der Waals surface area contributed by atoms with Crippen molar-refractivity contribution in [3.63, 3.8) is 0 Å². The highest BCUT2D eigenvalue weighted by atomic mass is 16.5. The average molecular weight is 277 g/mol. The van der Waals surface area contributed by atoms with E-state index in [1.54, 1.807) is 0 Å². The van der Waals surface area contributed by atoms with Crippen LogP contribution in [0.15, 0.2) is 24.3 Å². The van der Waals surface area contributed by atoms with E-state index < -0.39 is 0 Å². The minimum Gasteiger partial charge on any atom is -0.494 e. The Bertz CT molecular complexity index is 370. The fourth-order valence-corrected chi connectivity index (χ4v) is 2.43. The number of nitrogens with one attached hydrogen (secondary N) is 1. The van der Waals surface area contributed by atoms with Crippen molar-refractivity contribution < 1.29 is 4.74 Å². The number of nitrogens with zero attached hydrogens (tertiary/aromatic N) is 2. The van der Waals surface area contributed by atoms with E-state index in [0.717, 1.165) is 51.5 Å². The summed E-state index contributed by atoms with van der Waals surface area (Å²) >= 11 is 0. The first-order chi connectivity index (χ1) is 9.75. The second kappa shape index (κ2) is 8.12. The quantitative estimate of drug-likeness (QED) is 0.803. The average Bonchev–Trinajstić information content (AvgIpc) is 2.73. The van der Waals surface area contributed by atoms with Gasteiger partial charge in [-0.1, -0.05) is 0 Å². The molecular formula is C16H27N3O. The molecule has 1 N–H and O–H groups in total. The molecule has 112 valence electrons. The largest absolute Gasteiger partial charge is 0.494 e. The molecule has 1 aromatic carbocycles. The third-order valence-electron chi connectivity index (χ3n) is 3.56. The normalized spacial score (nSPS) is 16.2. The van der Waals surface area contributed by atoms with Crippen LogP contribution in [0.1, 0.15) is 12.8 Å². The van der Waals surface area contributed by atoms with E-state index in [0.29, 0.717) is 0 Å². The molecule has 0 bridgehead atoms. The summed E-state index contributed by atoms with van der Waals surface area (Å²) in [5.74, 6) is 0.973. The molecule has 1 heterocycles. The van der Waals surface area contributed by atoms with Crippen LogP contribution >= 0.6 is 0 Å². The molecule has 1 aromatic rings. The highest BCUT2D eigenvalue weighted by Crippen LogP contribution is 2.20. The Balaban J connectivity index is 1.79. The molecule has 0 aromatic heterocycles. The first-order valence-corrected chi connectivity index (χ1v) is 7.59. The minimum atomic E-state index is 0.783. The van der Waals surface area contributed by atoms with E-state index in [2.05, 4.69) is 53.5 Å². The van der Waals surface area contributed by atoms with Crippen LogP contribution in [-0.4, -0.2) is 58.3 Å². The Morgan fingerprint density at radius 1 is 1.15 bits per heavy atom. The van der Waals surface area contributed by atoms with Crippen molar-refractivity contribution in [2.75, 3.05) is 58.3 Å². The summed E-state index contributed by atoms with van der Waals surface area (Å²) in [6, 6.07) is 8.52. The van der Waals surface area contributed by atoms with Crippen molar-refractivity contribution >= 4 is 5.69 Å². The van der Waals surface area contributed by atoms with Crippen molar-refractivity contribution in [1.29, 1.82) is 0 Å². The summed E-state index contributed by atoms with van der Waals surface area (Å²) in [5.41, 5.74) is 1.30. The van der Waals surface area contributed by atoms with Gasteiger partial charge in [0.25, 0.3) is 0 Å². The fourth-order valence-electron chi connectivity index (χ4n) is 2.43. The van der Waals surface area contributed by atoms with E-state index in [-0.39, 0.29) is 0 Å². The van der Waals surface area contributed by atoms with Gasteiger partial charge in [-0.05, 0) is 57.7 Å². The van der Waals surface area contributed by atoms with Gasteiger partial charge < -0.3 is 19.9 Å². The monoisotopic (exact) mass is 277 g/mol. The van der Waals surface area contributed by atoms with Gasteiger partial charge in [0.15, 0.2) is 0 Å². The first-order valence-electron chi connectivity index (χ1n) is 7.59. The van der Waals surface area contributed by atoms with Gasteiger partial charge in [0.05, 0.1) is 6.61 Å². The zero-order chi connectivity index (χ0) is 14.2. The second-order valence-corrected chi connectivity index (χ2v) is 5.59. The number of rotatable bonds is 6. The van der Waals surface area contributed by atoms with Crippen LogP contribution < -0.4 is 15.0 Å². The van der Waals surface area contributed by atoms with Crippen molar-refractivity contribution in [3.05, 3.63) is 24.3 Å². The molecule has 0 unspecified atom stereocenters. The Labute approximate surface area is 122 Å². The van der Waals surface area contributed by atoms with Crippen molar-refractivity contribution in [2.24, 2.45) is 0 Å². The van der Waals surface area contributed by atoms with Crippen LogP contribution in [0.2, 0.25) is 0 Å². The topological polar surface area (TPSA) is 27.7 Å². The summed E-state index contributed by atoms with van der Waals surface area (Å²) < 4.78 is 5.77. The van der Waals surface area contributed by atoms with Gasteiger partial charge in [0.1, 0.15) is 5.75 Å². The standard InChI is InChI=1S/C16H27N3O/c1-18(2)11-4-14-20-16-7-5-15(6-8-16)19-12-3-9-17-10-13-19/h5-8,17H,3-4,9-14H2,1-2H3. The summed E-state index contributed by atoms with van der Waals surface area (Å²) in [6.45, 7) is 6.27. The number of hydrogen-bond donors (Lipinski definition) is 1. The van der Waals surface area contributed by atoms with Crippen LogP contribution in [-0.2, 0) is 0 Å². The summed E-state index contributed by atoms with van der Waals surface area (Å²) in [7, 11) is 4.18. The van der Waals surface area contributed by atoms with Gasteiger partial charge in [-0.25, -0.2) is 0 Å². The van der Waals surface area contributed by atoms with E-state index in [9.17, 15) is 0 Å². The minimum absolute atomic E-state index is 0.783. The first kappa shape index (κ1) is 15.1. The van der Waals surface area contributed by atoms with Crippen molar-refractivity contribution in [3.8, 4) is 5.75 Å². The molecule has 0 amide bonds. The maximum absolute atomic E-state index is 5.77. The SMILES string of the molecule is CN(C)CCCOc1ccc(N2CCCNCC2)cc1. The van der Waals surface area contributed by atoms with Gasteiger partial charge in [0.2, 0.25) is 0 Å². The molecule has 0 radical (unpaired) electrons. The molecule has 4 heteroatoms. The predicted molar refractivity (Wildman–Crippen MR) is 84.8 cm³/mol. The molecule has 0 spiro atoms. The van der Waals surface area contributed by atoms with Gasteiger partial charge >= 0.3 is 0 Å². The molecule has 1 aliphatic heterocycles. The molecule has 1 aliphatic rings. The Kier molecular flexibility index (Phi) is 6.15. The Morgan fingerprint density at radius 2 is 1.95 bits per heavy atom.